The minimum absolute atomic E-state index is 0.231. The Bertz CT molecular complexity index is 158. The summed E-state index contributed by atoms with van der Waals surface area (Å²) in [6.07, 6.45) is 0. The zero-order valence-corrected chi connectivity index (χ0v) is 6.55. The molecule has 0 aliphatic heterocycles. The number of nitrogens with one attached hydrogen (secondary N) is 2. The molecule has 64 valence electrons. The first-order valence-electron chi connectivity index (χ1n) is 3.22. The van der Waals surface area contributed by atoms with Crippen molar-refractivity contribution in [2.24, 2.45) is 0 Å². The van der Waals surface area contributed by atoms with Crippen molar-refractivity contribution in [1.29, 1.82) is 0 Å². The third-order valence-electron chi connectivity index (χ3n) is 1.08. The van der Waals surface area contributed by atoms with Crippen molar-refractivity contribution in [1.82, 2.24) is 10.6 Å². The van der Waals surface area contributed by atoms with Crippen LogP contribution >= 0.6 is 0 Å². The number of carbonyl (C=O) groups is 2. The SMILES string of the molecule is CNC[C@@H](NC(C)=O)C(=O)O. The van der Waals surface area contributed by atoms with Crippen LogP contribution in [0.1, 0.15) is 6.92 Å². The Morgan fingerprint density at radius 1 is 1.55 bits per heavy atom. The second-order valence-corrected chi connectivity index (χ2v) is 2.15. The molecule has 3 N–H and O–H groups in total. The maximum atomic E-state index is 10.4. The van der Waals surface area contributed by atoms with E-state index in [9.17, 15) is 9.59 Å². The van der Waals surface area contributed by atoms with Crippen LogP contribution in [0.25, 0.3) is 0 Å². The largest absolute Gasteiger partial charge is 0.480 e. The van der Waals surface area contributed by atoms with Crippen LogP contribution < -0.4 is 10.6 Å². The van der Waals surface area contributed by atoms with E-state index in [0.717, 1.165) is 0 Å². The Labute approximate surface area is 64.8 Å². The van der Waals surface area contributed by atoms with Crippen molar-refractivity contribution in [3.8, 4) is 0 Å². The van der Waals surface area contributed by atoms with Crippen LogP contribution in [0.4, 0.5) is 0 Å². The Kier molecular flexibility index (Phi) is 4.21. The molecule has 0 spiro atoms. The number of carboxylic acid groups (broad SMARTS) is 1. The van der Waals surface area contributed by atoms with Crippen molar-refractivity contribution >= 4 is 11.9 Å². The average Bonchev–Trinajstić information content (AvgIpc) is 1.86. The zero-order chi connectivity index (χ0) is 8.85. The fraction of sp³-hybridized carbons (Fsp3) is 0.667. The van der Waals surface area contributed by atoms with Gasteiger partial charge in [0.2, 0.25) is 5.91 Å². The Morgan fingerprint density at radius 2 is 2.09 bits per heavy atom. The maximum Gasteiger partial charge on any atom is 0.327 e. The first-order chi connectivity index (χ1) is 5.07. The highest BCUT2D eigenvalue weighted by atomic mass is 16.4. The first kappa shape index (κ1) is 9.90. The lowest BCUT2D eigenvalue weighted by atomic mass is 10.3. The number of rotatable bonds is 4. The molecule has 11 heavy (non-hydrogen) atoms. The molecular formula is C6H12N2O3. The number of carboxylic acids is 1. The third kappa shape index (κ3) is 4.32. The van der Waals surface area contributed by atoms with Gasteiger partial charge in [-0.3, -0.25) is 4.79 Å². The van der Waals surface area contributed by atoms with Crippen LogP contribution in [0.5, 0.6) is 0 Å². The standard InChI is InChI=1S/C6H12N2O3/c1-4(9)8-5(3-7-2)6(10)11/h5,7H,3H2,1-2H3,(H,8,9)(H,10,11)/t5-/m1/s1. The topological polar surface area (TPSA) is 78.4 Å². The lowest BCUT2D eigenvalue weighted by Gasteiger charge is -2.11. The molecule has 0 aliphatic carbocycles. The van der Waals surface area contributed by atoms with Gasteiger partial charge in [-0.05, 0) is 7.05 Å². The van der Waals surface area contributed by atoms with E-state index in [-0.39, 0.29) is 12.5 Å². The summed E-state index contributed by atoms with van der Waals surface area (Å²) >= 11 is 0. The second kappa shape index (κ2) is 4.68. The third-order valence-corrected chi connectivity index (χ3v) is 1.08. The minimum Gasteiger partial charge on any atom is -0.480 e. The molecule has 0 bridgehead atoms. The van der Waals surface area contributed by atoms with E-state index in [0.29, 0.717) is 0 Å². The van der Waals surface area contributed by atoms with E-state index in [1.165, 1.54) is 6.92 Å². The quantitative estimate of drug-likeness (QED) is 0.482. The highest BCUT2D eigenvalue weighted by molar-refractivity contribution is 5.82. The summed E-state index contributed by atoms with van der Waals surface area (Å²) < 4.78 is 0. The van der Waals surface area contributed by atoms with Crippen LogP contribution in [-0.4, -0.2) is 36.6 Å². The van der Waals surface area contributed by atoms with Gasteiger partial charge in [0, 0.05) is 13.5 Å². The van der Waals surface area contributed by atoms with Crippen LogP contribution in [0.2, 0.25) is 0 Å². The molecule has 0 heterocycles. The van der Waals surface area contributed by atoms with Gasteiger partial charge in [-0.25, -0.2) is 4.79 Å². The van der Waals surface area contributed by atoms with Gasteiger partial charge in [0.1, 0.15) is 6.04 Å². The van der Waals surface area contributed by atoms with Gasteiger partial charge in [0.15, 0.2) is 0 Å². The predicted octanol–water partition coefficient (Wildman–Crippen LogP) is -1.20. The van der Waals surface area contributed by atoms with Crippen LogP contribution in [-0.2, 0) is 9.59 Å². The van der Waals surface area contributed by atoms with Gasteiger partial charge in [-0.15, -0.1) is 0 Å². The van der Waals surface area contributed by atoms with Gasteiger partial charge in [-0.1, -0.05) is 0 Å². The molecule has 0 aliphatic rings. The summed E-state index contributed by atoms with van der Waals surface area (Å²) in [4.78, 5) is 20.8. The van der Waals surface area contributed by atoms with Gasteiger partial charge < -0.3 is 15.7 Å². The lowest BCUT2D eigenvalue weighted by molar-refractivity contribution is -0.141. The fourth-order valence-corrected chi connectivity index (χ4v) is 0.650. The van der Waals surface area contributed by atoms with Gasteiger partial charge >= 0.3 is 5.97 Å². The molecule has 0 aromatic carbocycles. The molecular weight excluding hydrogens is 148 g/mol. The van der Waals surface area contributed by atoms with E-state index in [1.54, 1.807) is 7.05 Å². The summed E-state index contributed by atoms with van der Waals surface area (Å²) in [5.74, 6) is -1.37. The molecule has 0 aromatic rings. The molecule has 0 aromatic heterocycles. The first-order valence-corrected chi connectivity index (χ1v) is 3.22. The molecule has 0 fully saturated rings. The monoisotopic (exact) mass is 160 g/mol. The molecule has 1 amide bonds. The van der Waals surface area contributed by atoms with E-state index < -0.39 is 12.0 Å². The molecule has 5 heteroatoms. The lowest BCUT2D eigenvalue weighted by Crippen LogP contribution is -2.45. The Hall–Kier alpha value is -1.10. The molecule has 0 saturated carbocycles. The van der Waals surface area contributed by atoms with E-state index in [1.807, 2.05) is 0 Å². The summed E-state index contributed by atoms with van der Waals surface area (Å²) in [6.45, 7) is 1.51. The molecule has 0 radical (unpaired) electrons. The van der Waals surface area contributed by atoms with Gasteiger partial charge in [0.25, 0.3) is 0 Å². The van der Waals surface area contributed by atoms with Crippen LogP contribution in [0.3, 0.4) is 0 Å². The zero-order valence-electron chi connectivity index (χ0n) is 6.55. The summed E-state index contributed by atoms with van der Waals surface area (Å²) in [5, 5.41) is 13.4. The number of hydrogen-bond donors (Lipinski definition) is 3. The molecule has 1 atom stereocenters. The van der Waals surface area contributed by atoms with E-state index in [2.05, 4.69) is 10.6 Å². The van der Waals surface area contributed by atoms with E-state index in [4.69, 9.17) is 5.11 Å². The van der Waals surface area contributed by atoms with E-state index >= 15 is 0 Å². The van der Waals surface area contributed by atoms with Crippen molar-refractivity contribution in [3.05, 3.63) is 0 Å². The number of aliphatic carboxylic acids is 1. The number of amides is 1. The normalized spacial score (nSPS) is 12.2. The summed E-state index contributed by atoms with van der Waals surface area (Å²) in [7, 11) is 1.62. The summed E-state index contributed by atoms with van der Waals surface area (Å²) in [6, 6.07) is -0.836. The van der Waals surface area contributed by atoms with Crippen molar-refractivity contribution in [2.45, 2.75) is 13.0 Å². The Morgan fingerprint density at radius 3 is 2.36 bits per heavy atom. The van der Waals surface area contributed by atoms with Crippen molar-refractivity contribution in [2.75, 3.05) is 13.6 Å². The fourth-order valence-electron chi connectivity index (χ4n) is 0.650. The highest BCUT2D eigenvalue weighted by Gasteiger charge is 2.16. The molecule has 0 saturated heterocycles. The number of likely N-dealkylation sites (N-methyl/N-ethyl adjacent to an activating group) is 1. The number of hydrogen-bond acceptors (Lipinski definition) is 3. The smallest absolute Gasteiger partial charge is 0.327 e. The second-order valence-electron chi connectivity index (χ2n) is 2.15. The maximum absolute atomic E-state index is 10.4. The van der Waals surface area contributed by atoms with Crippen molar-refractivity contribution in [3.63, 3.8) is 0 Å². The molecule has 5 nitrogen and oxygen atoms in total. The highest BCUT2D eigenvalue weighted by Crippen LogP contribution is 1.80. The molecule has 0 rings (SSSR count). The predicted molar refractivity (Wildman–Crippen MR) is 39.2 cm³/mol. The van der Waals surface area contributed by atoms with Crippen LogP contribution in [0, 0.1) is 0 Å². The minimum atomic E-state index is -1.03. The Balaban J connectivity index is 3.89. The van der Waals surface area contributed by atoms with Gasteiger partial charge in [0.05, 0.1) is 0 Å². The van der Waals surface area contributed by atoms with Crippen molar-refractivity contribution < 1.29 is 14.7 Å². The molecule has 0 unspecified atom stereocenters. The van der Waals surface area contributed by atoms with Crippen LogP contribution in [0.15, 0.2) is 0 Å². The number of carbonyl (C=O) groups excluding carboxylic acids is 1. The summed E-state index contributed by atoms with van der Waals surface area (Å²) in [5.41, 5.74) is 0. The average molecular weight is 160 g/mol. The van der Waals surface area contributed by atoms with Gasteiger partial charge in [-0.2, -0.15) is 0 Å².